The lowest BCUT2D eigenvalue weighted by Gasteiger charge is -2.25. The van der Waals surface area contributed by atoms with E-state index in [-0.39, 0.29) is 10.00 Å². The highest BCUT2D eigenvalue weighted by Crippen LogP contribution is 2.38. The van der Waals surface area contributed by atoms with Gasteiger partial charge in [-0.05, 0) is 69.0 Å². The zero-order valence-corrected chi connectivity index (χ0v) is 21.6. The predicted octanol–water partition coefficient (Wildman–Crippen LogP) is 4.33. The molecular weight excluding hydrogens is 519 g/mol. The normalized spacial score (nSPS) is 11.7. The van der Waals surface area contributed by atoms with E-state index in [1.165, 1.54) is 36.1 Å². The molecule has 0 radical (unpaired) electrons. The van der Waals surface area contributed by atoms with Gasteiger partial charge in [0, 0.05) is 30.7 Å². The molecule has 0 unspecified atom stereocenters. The van der Waals surface area contributed by atoms with Gasteiger partial charge >= 0.3 is 0 Å². The standard InChI is InChI=1S/C26H24F3N5O3S/c1-4-33-15-20(17-10-12-30-13-11-17)26(31-33)24-21(28)8-9-22(25(24)29)34(23(35)16-32(2)3)38(36,37)19-7-5-6-18(27)14-19/h5-15H,4,16H2,1-3H3. The van der Waals surface area contributed by atoms with Crippen molar-refractivity contribution in [2.45, 2.75) is 18.4 Å². The molecule has 198 valence electrons. The van der Waals surface area contributed by atoms with Crippen LogP contribution < -0.4 is 4.31 Å². The second-order valence-electron chi connectivity index (χ2n) is 8.60. The van der Waals surface area contributed by atoms with Crippen LogP contribution in [0.3, 0.4) is 0 Å². The first kappa shape index (κ1) is 27.0. The van der Waals surface area contributed by atoms with Crippen LogP contribution in [0.4, 0.5) is 18.9 Å². The van der Waals surface area contributed by atoms with Crippen LogP contribution in [0.5, 0.6) is 0 Å². The van der Waals surface area contributed by atoms with Gasteiger partial charge in [0.15, 0.2) is 5.82 Å². The number of likely N-dealkylation sites (N-methyl/N-ethyl adjacent to an activating group) is 1. The van der Waals surface area contributed by atoms with Crippen LogP contribution >= 0.6 is 0 Å². The lowest BCUT2D eigenvalue weighted by Crippen LogP contribution is -2.42. The summed E-state index contributed by atoms with van der Waals surface area (Å²) in [4.78, 5) is 18.0. The highest BCUT2D eigenvalue weighted by atomic mass is 32.2. The third-order valence-corrected chi connectivity index (χ3v) is 7.35. The van der Waals surface area contributed by atoms with E-state index in [4.69, 9.17) is 0 Å². The number of nitrogens with zero attached hydrogens (tertiary/aromatic N) is 5. The molecule has 2 heterocycles. The summed E-state index contributed by atoms with van der Waals surface area (Å²) in [7, 11) is -1.75. The molecule has 0 aliphatic heterocycles. The van der Waals surface area contributed by atoms with Crippen LogP contribution in [0.2, 0.25) is 0 Å². The number of carbonyl (C=O) groups excluding carboxylic acids is 1. The number of carbonyl (C=O) groups is 1. The Morgan fingerprint density at radius 3 is 2.37 bits per heavy atom. The molecule has 0 saturated carbocycles. The summed E-state index contributed by atoms with van der Waals surface area (Å²) in [5, 5.41) is 4.33. The van der Waals surface area contributed by atoms with Crippen molar-refractivity contribution in [3.63, 3.8) is 0 Å². The first-order valence-electron chi connectivity index (χ1n) is 11.5. The zero-order valence-electron chi connectivity index (χ0n) is 20.8. The van der Waals surface area contributed by atoms with E-state index in [1.54, 1.807) is 25.3 Å². The number of aromatic nitrogens is 3. The number of hydrogen-bond donors (Lipinski definition) is 0. The monoisotopic (exact) mass is 543 g/mol. The van der Waals surface area contributed by atoms with E-state index in [9.17, 15) is 17.6 Å². The number of rotatable bonds is 8. The SMILES string of the molecule is CCn1cc(-c2ccncc2)c(-c2c(F)ccc(N(C(=O)CN(C)C)S(=O)(=O)c3cccc(F)c3)c2F)n1. The molecule has 0 bridgehead atoms. The average molecular weight is 544 g/mol. The second-order valence-corrected chi connectivity index (χ2v) is 10.4. The Morgan fingerprint density at radius 1 is 1.03 bits per heavy atom. The van der Waals surface area contributed by atoms with E-state index in [1.807, 2.05) is 0 Å². The fraction of sp³-hybridized carbons (Fsp3) is 0.192. The maximum absolute atomic E-state index is 16.3. The first-order chi connectivity index (χ1) is 18.0. The van der Waals surface area contributed by atoms with Crippen molar-refractivity contribution in [3.05, 3.63) is 84.6 Å². The smallest absolute Gasteiger partial charge is 0.271 e. The Kier molecular flexibility index (Phi) is 7.65. The molecule has 0 aliphatic rings. The third-order valence-electron chi connectivity index (χ3n) is 5.62. The summed E-state index contributed by atoms with van der Waals surface area (Å²) >= 11 is 0. The molecule has 8 nitrogen and oxygen atoms in total. The van der Waals surface area contributed by atoms with Crippen molar-refractivity contribution < 1.29 is 26.4 Å². The summed E-state index contributed by atoms with van der Waals surface area (Å²) in [6, 6.07) is 9.00. The third kappa shape index (κ3) is 5.18. The molecule has 0 atom stereocenters. The minimum atomic E-state index is -4.80. The average Bonchev–Trinajstić information content (AvgIpc) is 3.30. The Morgan fingerprint density at radius 2 is 1.74 bits per heavy atom. The van der Waals surface area contributed by atoms with Crippen LogP contribution in [0.1, 0.15) is 6.92 Å². The number of amides is 1. The van der Waals surface area contributed by atoms with E-state index >= 15 is 8.78 Å². The number of halogens is 3. The van der Waals surface area contributed by atoms with Crippen LogP contribution in [0.15, 0.2) is 72.0 Å². The number of aryl methyl sites for hydroxylation is 1. The lowest BCUT2D eigenvalue weighted by molar-refractivity contribution is -0.118. The maximum Gasteiger partial charge on any atom is 0.271 e. The zero-order chi connectivity index (χ0) is 27.6. The molecule has 2 aromatic heterocycles. The van der Waals surface area contributed by atoms with Gasteiger partial charge in [-0.15, -0.1) is 0 Å². The molecule has 12 heteroatoms. The number of anilines is 1. The Hall–Kier alpha value is -4.03. The van der Waals surface area contributed by atoms with Gasteiger partial charge in [-0.25, -0.2) is 21.6 Å². The van der Waals surface area contributed by atoms with Crippen LogP contribution in [0.25, 0.3) is 22.4 Å². The molecule has 1 amide bonds. The van der Waals surface area contributed by atoms with E-state index in [2.05, 4.69) is 10.1 Å². The van der Waals surface area contributed by atoms with Gasteiger partial charge in [0.1, 0.15) is 17.3 Å². The number of hydrogen-bond acceptors (Lipinski definition) is 6. The lowest BCUT2D eigenvalue weighted by atomic mass is 10.0. The topological polar surface area (TPSA) is 88.4 Å². The highest BCUT2D eigenvalue weighted by Gasteiger charge is 2.35. The van der Waals surface area contributed by atoms with Gasteiger partial charge in [-0.3, -0.25) is 14.5 Å². The van der Waals surface area contributed by atoms with Crippen LogP contribution in [0, 0.1) is 17.5 Å². The van der Waals surface area contributed by atoms with Gasteiger partial charge in [0.25, 0.3) is 15.9 Å². The maximum atomic E-state index is 16.3. The molecule has 4 rings (SSSR count). The second kappa shape index (κ2) is 10.8. The Labute approximate surface area is 218 Å². The van der Waals surface area contributed by atoms with Crippen LogP contribution in [-0.2, 0) is 21.4 Å². The predicted molar refractivity (Wildman–Crippen MR) is 136 cm³/mol. The molecule has 0 fully saturated rings. The first-order valence-corrected chi connectivity index (χ1v) is 12.9. The quantitative estimate of drug-likeness (QED) is 0.329. The minimum absolute atomic E-state index is 0.0851. The van der Waals surface area contributed by atoms with Crippen molar-refractivity contribution in [2.24, 2.45) is 0 Å². The fourth-order valence-corrected chi connectivity index (χ4v) is 5.34. The summed E-state index contributed by atoms with van der Waals surface area (Å²) in [6.07, 6.45) is 4.63. The molecule has 0 spiro atoms. The van der Waals surface area contributed by atoms with Crippen molar-refractivity contribution in [1.29, 1.82) is 0 Å². The molecule has 0 saturated heterocycles. The molecular formula is C26H24F3N5O3S. The van der Waals surface area contributed by atoms with Crippen molar-refractivity contribution >= 4 is 21.6 Å². The van der Waals surface area contributed by atoms with Crippen molar-refractivity contribution in [3.8, 4) is 22.4 Å². The number of pyridine rings is 1. The summed E-state index contributed by atoms with van der Waals surface area (Å²) < 4.78 is 74.3. The van der Waals surface area contributed by atoms with Gasteiger partial charge in [-0.2, -0.15) is 9.40 Å². The van der Waals surface area contributed by atoms with Crippen molar-refractivity contribution in [1.82, 2.24) is 19.7 Å². The van der Waals surface area contributed by atoms with Gasteiger partial charge in [0.05, 0.1) is 22.7 Å². The van der Waals surface area contributed by atoms with Gasteiger partial charge in [0.2, 0.25) is 0 Å². The van der Waals surface area contributed by atoms with Crippen LogP contribution in [-0.4, -0.2) is 54.6 Å². The van der Waals surface area contributed by atoms with Gasteiger partial charge < -0.3 is 4.90 Å². The molecule has 2 aromatic carbocycles. The number of benzene rings is 2. The summed E-state index contributed by atoms with van der Waals surface area (Å²) in [6.45, 7) is 1.76. The van der Waals surface area contributed by atoms with E-state index in [0.717, 1.165) is 36.4 Å². The summed E-state index contributed by atoms with van der Waals surface area (Å²) in [5.74, 6) is -4.21. The summed E-state index contributed by atoms with van der Waals surface area (Å²) in [5.41, 5.74) is -0.462. The van der Waals surface area contributed by atoms with Crippen molar-refractivity contribution in [2.75, 3.05) is 24.9 Å². The van der Waals surface area contributed by atoms with Gasteiger partial charge in [-0.1, -0.05) is 6.07 Å². The largest absolute Gasteiger partial charge is 0.301 e. The Balaban J connectivity index is 1.97. The van der Waals surface area contributed by atoms with E-state index in [0.29, 0.717) is 17.7 Å². The molecule has 4 aromatic rings. The highest BCUT2D eigenvalue weighted by molar-refractivity contribution is 7.93. The molecule has 0 aliphatic carbocycles. The molecule has 0 N–H and O–H groups in total. The molecule has 38 heavy (non-hydrogen) atoms. The number of sulfonamides is 1. The fourth-order valence-electron chi connectivity index (χ4n) is 3.89. The minimum Gasteiger partial charge on any atom is -0.301 e. The Bertz CT molecular complexity index is 1590. The van der Waals surface area contributed by atoms with E-state index < -0.39 is 56.1 Å².